The minimum Gasteiger partial charge on any atom is -0.383 e. The van der Waals surface area contributed by atoms with E-state index in [-0.39, 0.29) is 31.0 Å². The van der Waals surface area contributed by atoms with Crippen LogP contribution in [0.1, 0.15) is 37.6 Å². The number of para-hydroxylation sites is 1. The highest BCUT2D eigenvalue weighted by molar-refractivity contribution is 6.31. The van der Waals surface area contributed by atoms with Gasteiger partial charge in [-0.1, -0.05) is 56.6 Å². The molecule has 0 spiro atoms. The summed E-state index contributed by atoms with van der Waals surface area (Å²) in [6.07, 6.45) is 0. The lowest BCUT2D eigenvalue weighted by atomic mass is 9.92. The van der Waals surface area contributed by atoms with Crippen LogP contribution in [0.15, 0.2) is 48.5 Å². The summed E-state index contributed by atoms with van der Waals surface area (Å²) in [5.41, 5.74) is 3.97. The molecule has 3 aromatic rings. The molecule has 0 aliphatic carbocycles. The molecule has 2 aromatic carbocycles. The molecule has 0 saturated heterocycles. The second-order valence-corrected chi connectivity index (χ2v) is 10.1. The predicted molar refractivity (Wildman–Crippen MR) is 144 cm³/mol. The number of aryl methyl sites for hydroxylation is 2. The van der Waals surface area contributed by atoms with E-state index >= 15 is 0 Å². The van der Waals surface area contributed by atoms with Crippen molar-refractivity contribution in [2.24, 2.45) is 0 Å². The van der Waals surface area contributed by atoms with Gasteiger partial charge < -0.3 is 20.3 Å². The zero-order chi connectivity index (χ0) is 26.5. The molecule has 0 saturated carbocycles. The number of methoxy groups -OCH3 is 1. The summed E-state index contributed by atoms with van der Waals surface area (Å²) in [6, 6.07) is 14.6. The zero-order valence-corrected chi connectivity index (χ0v) is 22.4. The van der Waals surface area contributed by atoms with Crippen LogP contribution in [0.4, 0.5) is 16.3 Å². The first-order chi connectivity index (χ1) is 17.0. The topological polar surface area (TPSA) is 88.5 Å². The molecule has 0 aliphatic heterocycles. The fraction of sp³-hybridized carbons (Fsp3) is 0.370. The first-order valence-electron chi connectivity index (χ1n) is 11.8. The van der Waals surface area contributed by atoms with Crippen molar-refractivity contribution in [1.82, 2.24) is 14.7 Å². The number of nitrogens with zero attached hydrogens (tertiary/aromatic N) is 3. The number of halogens is 1. The normalized spacial score (nSPS) is 11.3. The fourth-order valence-corrected chi connectivity index (χ4v) is 3.68. The van der Waals surface area contributed by atoms with Crippen LogP contribution < -0.4 is 10.6 Å². The summed E-state index contributed by atoms with van der Waals surface area (Å²) < 4.78 is 6.89. The number of benzene rings is 2. The molecule has 9 heteroatoms. The SMILES string of the molecule is COCCN(CC(=O)Nc1cc(C(C)(C)C)nn1-c1ccccc1C)C(=O)Nc1ccc(C)c(Cl)c1. The molecular weight excluding hydrogens is 478 g/mol. The van der Waals surface area contributed by atoms with Crippen molar-refractivity contribution in [3.05, 3.63) is 70.4 Å². The minimum absolute atomic E-state index is 0.168. The summed E-state index contributed by atoms with van der Waals surface area (Å²) in [5, 5.41) is 11.1. The van der Waals surface area contributed by atoms with Crippen LogP contribution in [0.3, 0.4) is 0 Å². The Hall–Kier alpha value is -3.36. The van der Waals surface area contributed by atoms with E-state index in [2.05, 4.69) is 31.4 Å². The summed E-state index contributed by atoms with van der Waals surface area (Å²) in [7, 11) is 1.55. The van der Waals surface area contributed by atoms with E-state index in [1.165, 1.54) is 4.90 Å². The summed E-state index contributed by atoms with van der Waals surface area (Å²) in [4.78, 5) is 27.5. The number of rotatable bonds is 8. The average Bonchev–Trinajstić information content (AvgIpc) is 3.23. The average molecular weight is 512 g/mol. The van der Waals surface area contributed by atoms with Crippen LogP contribution in [0, 0.1) is 13.8 Å². The molecule has 2 N–H and O–H groups in total. The van der Waals surface area contributed by atoms with E-state index in [4.69, 9.17) is 21.4 Å². The maximum Gasteiger partial charge on any atom is 0.322 e. The quantitative estimate of drug-likeness (QED) is 0.414. The van der Waals surface area contributed by atoms with E-state index in [0.717, 1.165) is 22.5 Å². The largest absolute Gasteiger partial charge is 0.383 e. The molecule has 1 aromatic heterocycles. The van der Waals surface area contributed by atoms with Crippen molar-refractivity contribution in [2.75, 3.05) is 37.4 Å². The highest BCUT2D eigenvalue weighted by atomic mass is 35.5. The predicted octanol–water partition coefficient (Wildman–Crippen LogP) is 5.56. The maximum absolute atomic E-state index is 13.1. The van der Waals surface area contributed by atoms with Crippen LogP contribution in [0.5, 0.6) is 0 Å². The van der Waals surface area contributed by atoms with Gasteiger partial charge in [0.05, 0.1) is 18.0 Å². The van der Waals surface area contributed by atoms with Crippen molar-refractivity contribution in [3.8, 4) is 5.69 Å². The van der Waals surface area contributed by atoms with Gasteiger partial charge in [0.25, 0.3) is 0 Å². The van der Waals surface area contributed by atoms with Gasteiger partial charge in [-0.25, -0.2) is 9.48 Å². The van der Waals surface area contributed by atoms with E-state index in [9.17, 15) is 9.59 Å². The van der Waals surface area contributed by atoms with Gasteiger partial charge in [-0.3, -0.25) is 4.79 Å². The smallest absolute Gasteiger partial charge is 0.322 e. The monoisotopic (exact) mass is 511 g/mol. The maximum atomic E-state index is 13.1. The molecule has 3 rings (SSSR count). The Labute approximate surface area is 217 Å². The van der Waals surface area contributed by atoms with Gasteiger partial charge in [0, 0.05) is 35.8 Å². The number of carbonyl (C=O) groups excluding carboxylic acids is 2. The third-order valence-electron chi connectivity index (χ3n) is 5.70. The van der Waals surface area contributed by atoms with Crippen molar-refractivity contribution in [1.29, 1.82) is 0 Å². The van der Waals surface area contributed by atoms with Crippen molar-refractivity contribution in [3.63, 3.8) is 0 Å². The number of nitrogens with one attached hydrogen (secondary N) is 2. The lowest BCUT2D eigenvalue weighted by Crippen LogP contribution is -2.42. The molecule has 0 atom stereocenters. The van der Waals surface area contributed by atoms with Crippen LogP contribution in [-0.2, 0) is 14.9 Å². The number of amides is 3. The molecule has 3 amide bonds. The van der Waals surface area contributed by atoms with Gasteiger partial charge in [-0.05, 0) is 43.2 Å². The Morgan fingerprint density at radius 2 is 1.78 bits per heavy atom. The number of ether oxygens (including phenoxy) is 1. The Bertz CT molecular complexity index is 1230. The fourth-order valence-electron chi connectivity index (χ4n) is 3.50. The highest BCUT2D eigenvalue weighted by Crippen LogP contribution is 2.27. The van der Waals surface area contributed by atoms with Crippen LogP contribution >= 0.6 is 11.6 Å². The molecule has 1 heterocycles. The zero-order valence-electron chi connectivity index (χ0n) is 21.7. The van der Waals surface area contributed by atoms with E-state index in [1.807, 2.05) is 50.2 Å². The van der Waals surface area contributed by atoms with Crippen LogP contribution in [-0.4, -0.2) is 53.4 Å². The summed E-state index contributed by atoms with van der Waals surface area (Å²) >= 11 is 6.19. The van der Waals surface area contributed by atoms with Gasteiger partial charge in [0.2, 0.25) is 5.91 Å². The van der Waals surface area contributed by atoms with Crippen molar-refractivity contribution >= 4 is 35.0 Å². The lowest BCUT2D eigenvalue weighted by molar-refractivity contribution is -0.116. The number of carbonyl (C=O) groups is 2. The summed E-state index contributed by atoms with van der Waals surface area (Å²) in [5.74, 6) is 0.190. The van der Waals surface area contributed by atoms with Gasteiger partial charge >= 0.3 is 6.03 Å². The first kappa shape index (κ1) is 27.2. The summed E-state index contributed by atoms with van der Waals surface area (Å²) in [6.45, 7) is 10.4. The standard InChI is InChI=1S/C27H34ClN5O3/c1-18-11-12-20(15-21(18)28)29-26(35)32(13-14-36-6)17-25(34)30-24-16-23(27(3,4)5)31-33(24)22-10-8-7-9-19(22)2/h7-12,15-16H,13-14,17H2,1-6H3,(H,29,35)(H,30,34). The molecule has 0 bridgehead atoms. The van der Waals surface area contributed by atoms with E-state index in [1.54, 1.807) is 23.9 Å². The molecule has 0 fully saturated rings. The lowest BCUT2D eigenvalue weighted by Gasteiger charge is -2.22. The van der Waals surface area contributed by atoms with Crippen LogP contribution in [0.25, 0.3) is 5.69 Å². The number of hydrogen-bond acceptors (Lipinski definition) is 4. The number of urea groups is 1. The Morgan fingerprint density at radius 3 is 2.42 bits per heavy atom. The Balaban J connectivity index is 1.82. The Morgan fingerprint density at radius 1 is 1.06 bits per heavy atom. The first-order valence-corrected chi connectivity index (χ1v) is 12.1. The van der Waals surface area contributed by atoms with Crippen molar-refractivity contribution in [2.45, 2.75) is 40.0 Å². The van der Waals surface area contributed by atoms with Gasteiger partial charge in [0.1, 0.15) is 12.4 Å². The second kappa shape index (κ2) is 11.6. The molecule has 36 heavy (non-hydrogen) atoms. The number of anilines is 2. The third-order valence-corrected chi connectivity index (χ3v) is 6.11. The molecule has 0 radical (unpaired) electrons. The molecule has 8 nitrogen and oxygen atoms in total. The highest BCUT2D eigenvalue weighted by Gasteiger charge is 2.23. The number of hydrogen-bond donors (Lipinski definition) is 2. The van der Waals surface area contributed by atoms with Crippen molar-refractivity contribution < 1.29 is 14.3 Å². The Kier molecular flexibility index (Phi) is 8.76. The van der Waals surface area contributed by atoms with E-state index in [0.29, 0.717) is 16.5 Å². The second-order valence-electron chi connectivity index (χ2n) is 9.72. The van der Waals surface area contributed by atoms with Gasteiger partial charge in [0.15, 0.2) is 0 Å². The van der Waals surface area contributed by atoms with Gasteiger partial charge in [-0.15, -0.1) is 0 Å². The van der Waals surface area contributed by atoms with Gasteiger partial charge in [-0.2, -0.15) is 5.10 Å². The minimum atomic E-state index is -0.426. The number of aromatic nitrogens is 2. The molecule has 0 aliphatic rings. The molecule has 192 valence electrons. The van der Waals surface area contributed by atoms with E-state index < -0.39 is 6.03 Å². The third kappa shape index (κ3) is 6.86. The molecular formula is C27H34ClN5O3. The molecule has 0 unspecified atom stereocenters. The van der Waals surface area contributed by atoms with Crippen LogP contribution in [0.2, 0.25) is 5.02 Å².